The molecule has 0 spiro atoms. The van der Waals surface area contributed by atoms with Crippen LogP contribution in [0.3, 0.4) is 0 Å². The standard InChI is InChI=1S/C18H22FN5O/c19-16-9-21-18(22-10-16)24-6-3-15-12-23(7-8-25-17(15)13-24)11-14-1-4-20-5-2-14/h1-2,4-5,9-10,15,17H,3,6-8,11-13H2/t15-,17-/m0/s1. The second-order valence-corrected chi connectivity index (χ2v) is 6.70. The molecule has 0 N–H and O–H groups in total. The number of nitrogens with zero attached hydrogens (tertiary/aromatic N) is 5. The Kier molecular flexibility index (Phi) is 4.85. The van der Waals surface area contributed by atoms with Crippen molar-refractivity contribution >= 4 is 5.95 Å². The van der Waals surface area contributed by atoms with Gasteiger partial charge in [-0.05, 0) is 24.1 Å². The highest BCUT2D eigenvalue weighted by Gasteiger charge is 2.34. The molecule has 7 heteroatoms. The topological polar surface area (TPSA) is 54.4 Å². The zero-order valence-electron chi connectivity index (χ0n) is 14.1. The van der Waals surface area contributed by atoms with Crippen LogP contribution in [0.4, 0.5) is 10.3 Å². The molecule has 0 aromatic carbocycles. The number of hydrogen-bond acceptors (Lipinski definition) is 6. The molecule has 2 aromatic heterocycles. The molecule has 2 fully saturated rings. The molecule has 132 valence electrons. The van der Waals surface area contributed by atoms with Crippen molar-refractivity contribution in [3.63, 3.8) is 0 Å². The van der Waals surface area contributed by atoms with E-state index >= 15 is 0 Å². The Morgan fingerprint density at radius 1 is 1.12 bits per heavy atom. The Hall–Kier alpha value is -2.12. The third-order valence-corrected chi connectivity index (χ3v) is 4.97. The van der Waals surface area contributed by atoms with Crippen LogP contribution >= 0.6 is 0 Å². The van der Waals surface area contributed by atoms with Crippen molar-refractivity contribution in [2.24, 2.45) is 5.92 Å². The van der Waals surface area contributed by atoms with E-state index < -0.39 is 5.82 Å². The molecule has 2 aliphatic rings. The number of anilines is 1. The molecule has 0 amide bonds. The van der Waals surface area contributed by atoms with Gasteiger partial charge in [0.25, 0.3) is 0 Å². The largest absolute Gasteiger partial charge is 0.375 e. The van der Waals surface area contributed by atoms with E-state index in [0.717, 1.165) is 45.8 Å². The minimum absolute atomic E-state index is 0.171. The summed E-state index contributed by atoms with van der Waals surface area (Å²) in [5.41, 5.74) is 1.28. The van der Waals surface area contributed by atoms with Gasteiger partial charge in [0.05, 0.1) is 25.1 Å². The summed E-state index contributed by atoms with van der Waals surface area (Å²) in [6.45, 7) is 5.26. The number of pyridine rings is 1. The van der Waals surface area contributed by atoms with Gasteiger partial charge in [0.1, 0.15) is 0 Å². The van der Waals surface area contributed by atoms with E-state index in [0.29, 0.717) is 11.9 Å². The summed E-state index contributed by atoms with van der Waals surface area (Å²) in [5.74, 6) is 0.679. The third-order valence-electron chi connectivity index (χ3n) is 4.97. The lowest BCUT2D eigenvalue weighted by molar-refractivity contribution is 0.0249. The van der Waals surface area contributed by atoms with Crippen LogP contribution in [0, 0.1) is 11.7 Å². The predicted octanol–water partition coefficient (Wildman–Crippen LogP) is 1.74. The first-order valence-corrected chi connectivity index (χ1v) is 8.73. The van der Waals surface area contributed by atoms with Crippen molar-refractivity contribution in [2.75, 3.05) is 37.7 Å². The monoisotopic (exact) mass is 343 g/mol. The molecule has 0 saturated carbocycles. The summed E-state index contributed by atoms with van der Waals surface area (Å²) < 4.78 is 19.1. The first-order chi connectivity index (χ1) is 12.3. The van der Waals surface area contributed by atoms with Crippen LogP contribution in [0.15, 0.2) is 36.9 Å². The van der Waals surface area contributed by atoms with E-state index in [2.05, 4.69) is 36.9 Å². The summed E-state index contributed by atoms with van der Waals surface area (Å²) in [6.07, 6.45) is 7.32. The summed E-state index contributed by atoms with van der Waals surface area (Å²) in [5, 5.41) is 0. The molecular weight excluding hydrogens is 321 g/mol. The summed E-state index contributed by atoms with van der Waals surface area (Å²) in [4.78, 5) is 16.8. The lowest BCUT2D eigenvalue weighted by Gasteiger charge is -2.38. The summed E-state index contributed by atoms with van der Waals surface area (Å²) in [7, 11) is 0. The van der Waals surface area contributed by atoms with Gasteiger partial charge in [0.15, 0.2) is 5.82 Å². The van der Waals surface area contributed by atoms with E-state index in [1.54, 1.807) is 0 Å². The van der Waals surface area contributed by atoms with Crippen LogP contribution in [0.2, 0.25) is 0 Å². The van der Waals surface area contributed by atoms with Gasteiger partial charge in [-0.3, -0.25) is 9.88 Å². The van der Waals surface area contributed by atoms with Crippen LogP contribution in [-0.4, -0.2) is 58.7 Å². The highest BCUT2D eigenvalue weighted by molar-refractivity contribution is 5.30. The zero-order valence-corrected chi connectivity index (χ0v) is 14.1. The number of rotatable bonds is 3. The highest BCUT2D eigenvalue weighted by Crippen LogP contribution is 2.26. The molecule has 0 bridgehead atoms. The molecule has 4 rings (SSSR count). The Morgan fingerprint density at radius 3 is 2.72 bits per heavy atom. The SMILES string of the molecule is Fc1cnc(N2CC[C@H]3CN(Cc4ccncc4)CCO[C@H]3C2)nc1. The Bertz CT molecular complexity index is 684. The van der Waals surface area contributed by atoms with Crippen LogP contribution in [0.25, 0.3) is 0 Å². The molecule has 2 saturated heterocycles. The molecule has 25 heavy (non-hydrogen) atoms. The van der Waals surface area contributed by atoms with Gasteiger partial charge in [-0.1, -0.05) is 0 Å². The minimum atomic E-state index is -0.406. The Balaban J connectivity index is 1.39. The van der Waals surface area contributed by atoms with Crippen molar-refractivity contribution in [3.8, 4) is 0 Å². The van der Waals surface area contributed by atoms with E-state index in [1.807, 2.05) is 12.4 Å². The van der Waals surface area contributed by atoms with Crippen LogP contribution in [-0.2, 0) is 11.3 Å². The fourth-order valence-corrected chi connectivity index (χ4v) is 3.66. The number of aromatic nitrogens is 3. The fraction of sp³-hybridized carbons (Fsp3) is 0.500. The van der Waals surface area contributed by atoms with Gasteiger partial charge in [-0.2, -0.15) is 0 Å². The predicted molar refractivity (Wildman–Crippen MR) is 91.6 cm³/mol. The molecule has 0 aliphatic carbocycles. The average Bonchev–Trinajstić information content (AvgIpc) is 2.84. The molecule has 0 radical (unpaired) electrons. The number of halogens is 1. The van der Waals surface area contributed by atoms with Gasteiger partial charge >= 0.3 is 0 Å². The van der Waals surface area contributed by atoms with Gasteiger partial charge < -0.3 is 9.64 Å². The molecule has 0 unspecified atom stereocenters. The van der Waals surface area contributed by atoms with Gasteiger partial charge in [0, 0.05) is 51.0 Å². The van der Waals surface area contributed by atoms with Gasteiger partial charge in [-0.25, -0.2) is 14.4 Å². The number of hydrogen-bond donors (Lipinski definition) is 0. The lowest BCUT2D eigenvalue weighted by atomic mass is 9.93. The van der Waals surface area contributed by atoms with Crippen molar-refractivity contribution in [1.82, 2.24) is 19.9 Å². The Morgan fingerprint density at radius 2 is 1.92 bits per heavy atom. The number of fused-ring (bicyclic) bond motifs is 1. The number of ether oxygens (including phenoxy) is 1. The maximum atomic E-state index is 13.0. The Labute approximate surface area is 146 Å². The highest BCUT2D eigenvalue weighted by atomic mass is 19.1. The van der Waals surface area contributed by atoms with Gasteiger partial charge in [-0.15, -0.1) is 0 Å². The van der Waals surface area contributed by atoms with Crippen molar-refractivity contribution in [3.05, 3.63) is 48.3 Å². The summed E-state index contributed by atoms with van der Waals surface area (Å²) in [6, 6.07) is 4.13. The molecular formula is C18H22FN5O. The van der Waals surface area contributed by atoms with Crippen molar-refractivity contribution in [1.29, 1.82) is 0 Å². The second kappa shape index (κ2) is 7.41. The maximum Gasteiger partial charge on any atom is 0.225 e. The molecule has 6 nitrogen and oxygen atoms in total. The average molecular weight is 343 g/mol. The van der Waals surface area contributed by atoms with E-state index in [9.17, 15) is 4.39 Å². The smallest absolute Gasteiger partial charge is 0.225 e. The van der Waals surface area contributed by atoms with Crippen LogP contribution < -0.4 is 4.90 Å². The quantitative estimate of drug-likeness (QED) is 0.846. The molecule has 2 aliphatic heterocycles. The maximum absolute atomic E-state index is 13.0. The number of piperidine rings is 1. The molecule has 2 aromatic rings. The first-order valence-electron chi connectivity index (χ1n) is 8.73. The normalized spacial score (nSPS) is 24.6. The summed E-state index contributed by atoms with van der Waals surface area (Å²) >= 11 is 0. The first kappa shape index (κ1) is 16.4. The van der Waals surface area contributed by atoms with Crippen molar-refractivity contribution in [2.45, 2.75) is 19.1 Å². The van der Waals surface area contributed by atoms with Crippen LogP contribution in [0.1, 0.15) is 12.0 Å². The van der Waals surface area contributed by atoms with E-state index in [4.69, 9.17) is 4.74 Å². The fourth-order valence-electron chi connectivity index (χ4n) is 3.66. The lowest BCUT2D eigenvalue weighted by Crippen LogP contribution is -2.47. The van der Waals surface area contributed by atoms with Crippen molar-refractivity contribution < 1.29 is 9.13 Å². The molecule has 2 atom stereocenters. The zero-order chi connectivity index (χ0) is 17.1. The van der Waals surface area contributed by atoms with E-state index in [-0.39, 0.29) is 6.10 Å². The molecule has 4 heterocycles. The van der Waals surface area contributed by atoms with Gasteiger partial charge in [0.2, 0.25) is 5.95 Å². The van der Waals surface area contributed by atoms with E-state index in [1.165, 1.54) is 18.0 Å². The minimum Gasteiger partial charge on any atom is -0.375 e. The third kappa shape index (κ3) is 3.93. The van der Waals surface area contributed by atoms with Crippen LogP contribution in [0.5, 0.6) is 0 Å². The second-order valence-electron chi connectivity index (χ2n) is 6.70.